The van der Waals surface area contributed by atoms with Gasteiger partial charge in [0, 0.05) is 4.47 Å². The fourth-order valence-corrected chi connectivity index (χ4v) is 1.82. The van der Waals surface area contributed by atoms with Crippen LogP contribution in [0.3, 0.4) is 0 Å². The summed E-state index contributed by atoms with van der Waals surface area (Å²) in [6.07, 6.45) is 0. The molecule has 0 aliphatic rings. The van der Waals surface area contributed by atoms with Gasteiger partial charge in [-0.1, -0.05) is 30.3 Å². The van der Waals surface area contributed by atoms with Gasteiger partial charge in [0.1, 0.15) is 5.82 Å². The van der Waals surface area contributed by atoms with Gasteiger partial charge in [-0.2, -0.15) is 0 Å². The van der Waals surface area contributed by atoms with E-state index < -0.39 is 5.82 Å². The highest BCUT2D eigenvalue weighted by Crippen LogP contribution is 2.29. The second-order valence-electron chi connectivity index (χ2n) is 3.22. The maximum Gasteiger partial charge on any atom is 0.147 e. The monoisotopic (exact) mass is 265 g/mol. The van der Waals surface area contributed by atoms with Crippen molar-refractivity contribution in [1.82, 2.24) is 0 Å². The molecule has 3 heteroatoms. The zero-order chi connectivity index (χ0) is 10.8. The molecule has 0 heterocycles. The number of hydrogen-bond donors (Lipinski definition) is 1. The third-order valence-corrected chi connectivity index (χ3v) is 2.84. The van der Waals surface area contributed by atoms with Gasteiger partial charge in [0.05, 0.1) is 5.69 Å². The highest BCUT2D eigenvalue weighted by Gasteiger charge is 2.06. The van der Waals surface area contributed by atoms with Crippen molar-refractivity contribution in [2.24, 2.45) is 0 Å². The van der Waals surface area contributed by atoms with E-state index in [-0.39, 0.29) is 5.69 Å². The van der Waals surface area contributed by atoms with E-state index >= 15 is 0 Å². The predicted molar refractivity (Wildman–Crippen MR) is 63.9 cm³/mol. The van der Waals surface area contributed by atoms with Crippen LogP contribution in [0.25, 0.3) is 11.1 Å². The van der Waals surface area contributed by atoms with Gasteiger partial charge < -0.3 is 5.73 Å². The number of halogens is 2. The minimum absolute atomic E-state index is 0.148. The van der Waals surface area contributed by atoms with Gasteiger partial charge in [-0.05, 0) is 39.2 Å². The Morgan fingerprint density at radius 3 is 2.27 bits per heavy atom. The van der Waals surface area contributed by atoms with Gasteiger partial charge in [-0.25, -0.2) is 4.39 Å². The highest BCUT2D eigenvalue weighted by atomic mass is 79.9. The summed E-state index contributed by atoms with van der Waals surface area (Å²) in [5.41, 5.74) is 7.44. The summed E-state index contributed by atoms with van der Waals surface area (Å²) >= 11 is 3.23. The third kappa shape index (κ3) is 2.02. The molecule has 1 nitrogen and oxygen atoms in total. The van der Waals surface area contributed by atoms with Crippen LogP contribution >= 0.6 is 15.9 Å². The Bertz CT molecular complexity index is 459. The van der Waals surface area contributed by atoms with Gasteiger partial charge in [-0.15, -0.1) is 0 Å². The molecular formula is C12H9BrFN. The van der Waals surface area contributed by atoms with E-state index in [4.69, 9.17) is 5.73 Å². The Hall–Kier alpha value is -1.35. The summed E-state index contributed by atoms with van der Waals surface area (Å²) in [6.45, 7) is 0. The van der Waals surface area contributed by atoms with Crippen LogP contribution in [0.1, 0.15) is 0 Å². The maximum atomic E-state index is 13.4. The maximum absolute atomic E-state index is 13.4. The average molecular weight is 266 g/mol. The van der Waals surface area contributed by atoms with Crippen molar-refractivity contribution in [3.63, 3.8) is 0 Å². The van der Waals surface area contributed by atoms with Crippen LogP contribution in [0, 0.1) is 5.82 Å². The lowest BCUT2D eigenvalue weighted by atomic mass is 10.1. The van der Waals surface area contributed by atoms with Crippen LogP contribution in [-0.2, 0) is 0 Å². The molecular weight excluding hydrogens is 257 g/mol. The van der Waals surface area contributed by atoms with Crippen molar-refractivity contribution in [1.29, 1.82) is 0 Å². The third-order valence-electron chi connectivity index (χ3n) is 2.19. The summed E-state index contributed by atoms with van der Waals surface area (Å²) < 4.78 is 14.0. The molecule has 15 heavy (non-hydrogen) atoms. The number of rotatable bonds is 1. The lowest BCUT2D eigenvalue weighted by Gasteiger charge is -2.05. The standard InChI is InChI=1S/C12H9BrFN/c13-10-6-9(7-11(14)12(10)15)8-4-2-1-3-5-8/h1-7H,15H2. The molecule has 0 amide bonds. The molecule has 0 atom stereocenters. The summed E-state index contributed by atoms with van der Waals surface area (Å²) in [5.74, 6) is -0.400. The number of anilines is 1. The second-order valence-corrected chi connectivity index (χ2v) is 4.07. The Morgan fingerprint density at radius 2 is 1.67 bits per heavy atom. The van der Waals surface area contributed by atoms with Crippen LogP contribution in [0.5, 0.6) is 0 Å². The van der Waals surface area contributed by atoms with Crippen molar-refractivity contribution >= 4 is 21.6 Å². The van der Waals surface area contributed by atoms with E-state index in [2.05, 4.69) is 15.9 Å². The number of nitrogens with two attached hydrogens (primary N) is 1. The molecule has 2 aromatic rings. The number of nitrogen functional groups attached to an aromatic ring is 1. The first-order chi connectivity index (χ1) is 7.18. The quantitative estimate of drug-likeness (QED) is 0.780. The molecule has 0 aliphatic carbocycles. The normalized spacial score (nSPS) is 10.3. The van der Waals surface area contributed by atoms with Gasteiger partial charge in [-0.3, -0.25) is 0 Å². The molecule has 2 N–H and O–H groups in total. The molecule has 0 aromatic heterocycles. The molecule has 0 aliphatic heterocycles. The molecule has 0 unspecified atom stereocenters. The van der Waals surface area contributed by atoms with Crippen LogP contribution in [-0.4, -0.2) is 0 Å². The summed E-state index contributed by atoms with van der Waals surface area (Å²) in [6, 6.07) is 12.9. The van der Waals surface area contributed by atoms with Crippen molar-refractivity contribution in [3.8, 4) is 11.1 Å². The van der Waals surface area contributed by atoms with E-state index in [1.54, 1.807) is 0 Å². The number of benzene rings is 2. The number of hydrogen-bond acceptors (Lipinski definition) is 1. The average Bonchev–Trinajstić information content (AvgIpc) is 2.26. The summed E-state index contributed by atoms with van der Waals surface area (Å²) in [4.78, 5) is 0. The molecule has 2 aromatic carbocycles. The van der Waals surface area contributed by atoms with Crippen molar-refractivity contribution in [3.05, 3.63) is 52.8 Å². The van der Waals surface area contributed by atoms with Crippen LogP contribution in [0.2, 0.25) is 0 Å². The second kappa shape index (κ2) is 4.03. The first kappa shape index (κ1) is 10.2. The summed E-state index contributed by atoms with van der Waals surface area (Å²) in [5, 5.41) is 0. The van der Waals surface area contributed by atoms with Gasteiger partial charge in [0.15, 0.2) is 0 Å². The zero-order valence-corrected chi connectivity index (χ0v) is 9.46. The zero-order valence-electron chi connectivity index (χ0n) is 7.87. The van der Waals surface area contributed by atoms with Crippen LogP contribution < -0.4 is 5.73 Å². The predicted octanol–water partition coefficient (Wildman–Crippen LogP) is 3.84. The molecule has 2 rings (SSSR count). The van der Waals surface area contributed by atoms with E-state index in [0.717, 1.165) is 11.1 Å². The van der Waals surface area contributed by atoms with Crippen molar-refractivity contribution in [2.75, 3.05) is 5.73 Å². The van der Waals surface area contributed by atoms with E-state index in [1.807, 2.05) is 36.4 Å². The Morgan fingerprint density at radius 1 is 1.00 bits per heavy atom. The smallest absolute Gasteiger partial charge is 0.147 e. The Labute approximate surface area is 95.9 Å². The first-order valence-electron chi connectivity index (χ1n) is 4.48. The Balaban J connectivity index is 2.56. The van der Waals surface area contributed by atoms with Gasteiger partial charge in [0.2, 0.25) is 0 Å². The Kier molecular flexibility index (Phi) is 2.73. The molecule has 0 radical (unpaired) electrons. The van der Waals surface area contributed by atoms with Crippen molar-refractivity contribution in [2.45, 2.75) is 0 Å². The highest BCUT2D eigenvalue weighted by molar-refractivity contribution is 9.10. The largest absolute Gasteiger partial charge is 0.395 e. The first-order valence-corrected chi connectivity index (χ1v) is 5.28. The molecule has 0 spiro atoms. The van der Waals surface area contributed by atoms with Crippen LogP contribution in [0.4, 0.5) is 10.1 Å². The van der Waals surface area contributed by atoms with E-state index in [0.29, 0.717) is 4.47 Å². The lowest BCUT2D eigenvalue weighted by molar-refractivity contribution is 0.632. The molecule has 0 saturated heterocycles. The molecule has 0 fully saturated rings. The fraction of sp³-hybridized carbons (Fsp3) is 0. The lowest BCUT2D eigenvalue weighted by Crippen LogP contribution is -1.92. The van der Waals surface area contributed by atoms with E-state index in [9.17, 15) is 4.39 Å². The minimum Gasteiger partial charge on any atom is -0.395 e. The molecule has 0 saturated carbocycles. The fourth-order valence-electron chi connectivity index (χ4n) is 1.38. The van der Waals surface area contributed by atoms with Crippen molar-refractivity contribution < 1.29 is 4.39 Å². The van der Waals surface area contributed by atoms with E-state index in [1.165, 1.54) is 6.07 Å². The van der Waals surface area contributed by atoms with Crippen LogP contribution in [0.15, 0.2) is 46.9 Å². The van der Waals surface area contributed by atoms with Gasteiger partial charge >= 0.3 is 0 Å². The SMILES string of the molecule is Nc1c(F)cc(-c2ccccc2)cc1Br. The van der Waals surface area contributed by atoms with Gasteiger partial charge in [0.25, 0.3) is 0 Å². The molecule has 76 valence electrons. The topological polar surface area (TPSA) is 26.0 Å². The molecule has 0 bridgehead atoms. The minimum atomic E-state index is -0.400. The summed E-state index contributed by atoms with van der Waals surface area (Å²) in [7, 11) is 0.